The van der Waals surface area contributed by atoms with Gasteiger partial charge in [-0.25, -0.2) is 0 Å². The zero-order valence-corrected chi connectivity index (χ0v) is 8.77. The maximum atomic E-state index is 5.17. The van der Waals surface area contributed by atoms with E-state index in [2.05, 4.69) is 10.2 Å². The monoisotopic (exact) mass is 200 g/mol. The Morgan fingerprint density at radius 2 is 2.07 bits per heavy atom. The molecule has 2 rings (SSSR count). The average molecular weight is 200 g/mol. The Bertz CT molecular complexity index is 469. The Kier molecular flexibility index (Phi) is 2.63. The lowest BCUT2D eigenvalue weighted by atomic mass is 10.1. The van der Waals surface area contributed by atoms with E-state index in [9.17, 15) is 0 Å². The van der Waals surface area contributed by atoms with Crippen LogP contribution in [0.25, 0.3) is 11.3 Å². The zero-order valence-electron chi connectivity index (χ0n) is 8.77. The molecule has 0 radical (unpaired) electrons. The molecule has 0 atom stereocenters. The normalized spacial score (nSPS) is 10.0. The summed E-state index contributed by atoms with van der Waals surface area (Å²) in [6, 6.07) is 9.76. The van der Waals surface area contributed by atoms with Gasteiger partial charge in [-0.3, -0.25) is 0 Å². The first-order chi connectivity index (χ1) is 7.31. The maximum absolute atomic E-state index is 5.17. The zero-order chi connectivity index (χ0) is 10.7. The van der Waals surface area contributed by atoms with Crippen molar-refractivity contribution in [1.29, 1.82) is 0 Å². The van der Waals surface area contributed by atoms with Crippen LogP contribution in [-0.4, -0.2) is 17.3 Å². The summed E-state index contributed by atoms with van der Waals surface area (Å²) in [5.74, 6) is 0.831. The van der Waals surface area contributed by atoms with Crippen molar-refractivity contribution in [1.82, 2.24) is 10.2 Å². The van der Waals surface area contributed by atoms with Gasteiger partial charge < -0.3 is 4.74 Å². The van der Waals surface area contributed by atoms with Crippen LogP contribution in [0.1, 0.15) is 5.56 Å². The summed E-state index contributed by atoms with van der Waals surface area (Å²) < 4.78 is 5.17. The summed E-state index contributed by atoms with van der Waals surface area (Å²) in [5.41, 5.74) is 3.04. The van der Waals surface area contributed by atoms with Crippen molar-refractivity contribution in [2.75, 3.05) is 7.11 Å². The van der Waals surface area contributed by atoms with Crippen molar-refractivity contribution in [2.24, 2.45) is 0 Å². The predicted octanol–water partition coefficient (Wildman–Crippen LogP) is 2.46. The fraction of sp³-hybridized carbons (Fsp3) is 0.167. The van der Waals surface area contributed by atoms with Crippen molar-refractivity contribution >= 4 is 0 Å². The first-order valence-electron chi connectivity index (χ1n) is 4.74. The highest BCUT2D eigenvalue weighted by molar-refractivity contribution is 5.63. The first-order valence-corrected chi connectivity index (χ1v) is 4.74. The molecule has 1 heterocycles. The van der Waals surface area contributed by atoms with Gasteiger partial charge in [0.2, 0.25) is 0 Å². The number of nitrogens with zero attached hydrogens (tertiary/aromatic N) is 2. The first kappa shape index (κ1) is 9.65. The minimum atomic E-state index is 0.831. The number of aryl methyl sites for hydroxylation is 1. The molecule has 1 aromatic carbocycles. The summed E-state index contributed by atoms with van der Waals surface area (Å²) >= 11 is 0. The van der Waals surface area contributed by atoms with Crippen molar-refractivity contribution in [3.63, 3.8) is 0 Å². The molecule has 0 N–H and O–H groups in total. The molecule has 0 saturated heterocycles. The van der Waals surface area contributed by atoms with Crippen LogP contribution in [0.2, 0.25) is 0 Å². The third kappa shape index (κ3) is 1.96. The fourth-order valence-electron chi connectivity index (χ4n) is 1.45. The second-order valence-corrected chi connectivity index (χ2v) is 3.29. The molecule has 2 aromatic rings. The summed E-state index contributed by atoms with van der Waals surface area (Å²) in [7, 11) is 1.66. The van der Waals surface area contributed by atoms with Gasteiger partial charge in [-0.15, -0.1) is 0 Å². The van der Waals surface area contributed by atoms with Crippen LogP contribution in [-0.2, 0) is 0 Å². The maximum Gasteiger partial charge on any atom is 0.119 e. The number of hydrogen-bond acceptors (Lipinski definition) is 3. The lowest BCUT2D eigenvalue weighted by Crippen LogP contribution is -1.91. The van der Waals surface area contributed by atoms with E-state index in [4.69, 9.17) is 4.74 Å². The molecule has 0 bridgehead atoms. The number of ether oxygens (including phenoxy) is 1. The standard InChI is InChI=1S/C12H12N2O/c1-9-6-7-13-14-12(9)10-4-3-5-11(8-10)15-2/h3-8H,1-2H3. The van der Waals surface area contributed by atoms with Crippen molar-refractivity contribution in [3.05, 3.63) is 42.1 Å². The molecule has 76 valence electrons. The highest BCUT2D eigenvalue weighted by Gasteiger charge is 2.04. The summed E-state index contributed by atoms with van der Waals surface area (Å²) in [5, 5.41) is 8.00. The Hall–Kier alpha value is -1.90. The molecule has 0 spiro atoms. The Balaban J connectivity index is 2.49. The van der Waals surface area contributed by atoms with E-state index in [1.54, 1.807) is 13.3 Å². The molecule has 0 aliphatic heterocycles. The molecule has 0 unspecified atom stereocenters. The van der Waals surface area contributed by atoms with Crippen LogP contribution in [0.15, 0.2) is 36.5 Å². The Morgan fingerprint density at radius 3 is 2.80 bits per heavy atom. The lowest BCUT2D eigenvalue weighted by molar-refractivity contribution is 0.415. The topological polar surface area (TPSA) is 35.0 Å². The highest BCUT2D eigenvalue weighted by Crippen LogP contribution is 2.23. The molecule has 1 aromatic heterocycles. The number of aromatic nitrogens is 2. The van der Waals surface area contributed by atoms with Crippen molar-refractivity contribution < 1.29 is 4.74 Å². The third-order valence-electron chi connectivity index (χ3n) is 2.27. The summed E-state index contributed by atoms with van der Waals surface area (Å²) in [4.78, 5) is 0. The number of hydrogen-bond donors (Lipinski definition) is 0. The van der Waals surface area contributed by atoms with Gasteiger partial charge in [0.1, 0.15) is 5.75 Å². The molecular weight excluding hydrogens is 188 g/mol. The van der Waals surface area contributed by atoms with E-state index in [1.807, 2.05) is 37.3 Å². The molecule has 0 fully saturated rings. The van der Waals surface area contributed by atoms with E-state index >= 15 is 0 Å². The van der Waals surface area contributed by atoms with Gasteiger partial charge >= 0.3 is 0 Å². The minimum Gasteiger partial charge on any atom is -0.497 e. The van der Waals surface area contributed by atoms with Crippen molar-refractivity contribution in [3.8, 4) is 17.0 Å². The van der Waals surface area contributed by atoms with Gasteiger partial charge in [-0.05, 0) is 30.7 Å². The number of rotatable bonds is 2. The fourth-order valence-corrected chi connectivity index (χ4v) is 1.45. The molecular formula is C12H12N2O. The molecule has 0 amide bonds. The predicted molar refractivity (Wildman–Crippen MR) is 58.8 cm³/mol. The van der Waals surface area contributed by atoms with Gasteiger partial charge in [0.05, 0.1) is 12.8 Å². The highest BCUT2D eigenvalue weighted by atomic mass is 16.5. The SMILES string of the molecule is COc1cccc(-c2nnccc2C)c1. The van der Waals surface area contributed by atoms with E-state index in [0.29, 0.717) is 0 Å². The molecule has 0 aliphatic rings. The summed E-state index contributed by atoms with van der Waals surface area (Å²) in [6.07, 6.45) is 1.69. The molecule has 3 nitrogen and oxygen atoms in total. The molecule has 3 heteroatoms. The van der Waals surface area contributed by atoms with Crippen LogP contribution in [0.3, 0.4) is 0 Å². The second-order valence-electron chi connectivity index (χ2n) is 3.29. The minimum absolute atomic E-state index is 0.831. The Morgan fingerprint density at radius 1 is 1.20 bits per heavy atom. The lowest BCUT2D eigenvalue weighted by Gasteiger charge is -2.05. The number of methoxy groups -OCH3 is 1. The van der Waals surface area contributed by atoms with Gasteiger partial charge in [-0.1, -0.05) is 12.1 Å². The number of benzene rings is 1. The average Bonchev–Trinajstić information content (AvgIpc) is 2.30. The van der Waals surface area contributed by atoms with E-state index in [-0.39, 0.29) is 0 Å². The van der Waals surface area contributed by atoms with Crippen molar-refractivity contribution in [2.45, 2.75) is 6.92 Å². The van der Waals surface area contributed by atoms with Crippen LogP contribution in [0.4, 0.5) is 0 Å². The van der Waals surface area contributed by atoms with E-state index in [1.165, 1.54) is 0 Å². The smallest absolute Gasteiger partial charge is 0.119 e. The van der Waals surface area contributed by atoms with Gasteiger partial charge in [-0.2, -0.15) is 10.2 Å². The molecule has 15 heavy (non-hydrogen) atoms. The largest absolute Gasteiger partial charge is 0.497 e. The van der Waals surface area contributed by atoms with Gasteiger partial charge in [0, 0.05) is 11.8 Å². The second kappa shape index (κ2) is 4.09. The molecule has 0 aliphatic carbocycles. The van der Waals surface area contributed by atoms with E-state index in [0.717, 1.165) is 22.6 Å². The van der Waals surface area contributed by atoms with Crippen LogP contribution in [0, 0.1) is 6.92 Å². The van der Waals surface area contributed by atoms with Crippen LogP contribution in [0.5, 0.6) is 5.75 Å². The van der Waals surface area contributed by atoms with Crippen LogP contribution >= 0.6 is 0 Å². The van der Waals surface area contributed by atoms with Crippen LogP contribution < -0.4 is 4.74 Å². The van der Waals surface area contributed by atoms with Gasteiger partial charge in [0.15, 0.2) is 0 Å². The third-order valence-corrected chi connectivity index (χ3v) is 2.27. The Labute approximate surface area is 88.7 Å². The quantitative estimate of drug-likeness (QED) is 0.747. The summed E-state index contributed by atoms with van der Waals surface area (Å²) in [6.45, 7) is 2.02. The van der Waals surface area contributed by atoms with E-state index < -0.39 is 0 Å². The van der Waals surface area contributed by atoms with Gasteiger partial charge in [0.25, 0.3) is 0 Å². The molecule has 0 saturated carbocycles.